The first-order chi connectivity index (χ1) is 0. The van der Waals surface area contributed by atoms with Crippen LogP contribution in [0.4, 0.5) is 0 Å². The Morgan fingerprint density at radius 3 is 0.444 bits per heavy atom. The fourth-order valence-electron chi connectivity index (χ4n) is 0. The summed E-state index contributed by atoms with van der Waals surface area (Å²) >= 11 is 0. The largest absolute Gasteiger partial charge is 3.00 e. The molecule has 68 valence electrons. The molecule has 0 aliphatic carbocycles. The zero-order chi connectivity index (χ0) is 0. The van der Waals surface area contributed by atoms with Crippen LogP contribution in [0.5, 0.6) is 0 Å². The van der Waals surface area contributed by atoms with Crippen molar-refractivity contribution in [2.24, 2.45) is 0 Å². The molecule has 0 saturated carbocycles. The Morgan fingerprint density at radius 1 is 0.444 bits per heavy atom. The second-order valence-electron chi connectivity index (χ2n) is 0. The molecule has 0 heterocycles. The fourth-order valence-corrected chi connectivity index (χ4v) is 0. The third kappa shape index (κ3) is 98.2. The maximum Gasteiger partial charge on any atom is 3.00 e. The summed E-state index contributed by atoms with van der Waals surface area (Å²) in [5.74, 6) is 0. The van der Waals surface area contributed by atoms with E-state index in [1.807, 2.05) is 0 Å². The Kier molecular flexibility index (Phi) is 2150. The molecule has 0 rings (SSSR count). The molecule has 0 N–H and O–H groups in total. The summed E-state index contributed by atoms with van der Waals surface area (Å²) in [6, 6.07) is 0. The summed E-state index contributed by atoms with van der Waals surface area (Å²) in [4.78, 5) is 0. The van der Waals surface area contributed by atoms with Gasteiger partial charge in [-0.3, -0.25) is 0 Å². The molecule has 0 aliphatic rings. The Hall–Kier alpha value is 3.02. The molecular weight excluding hydrogens is 391 g/mol. The molecule has 4 radical (unpaired) electrons. The van der Waals surface area contributed by atoms with E-state index in [1.54, 1.807) is 0 Å². The zero-order valence-electron chi connectivity index (χ0n) is 3.35. The van der Waals surface area contributed by atoms with E-state index in [1.165, 1.54) is 0 Å². The van der Waals surface area contributed by atoms with Crippen molar-refractivity contribution in [1.29, 1.82) is 0 Å². The van der Waals surface area contributed by atoms with E-state index < -0.39 is 0 Å². The SMILES string of the molecule is [Cr].[Cr].[Cu].[Cu].[Fe+3].[Fe+3].[O-2].[O-2].[O-2]. The monoisotopic (exact) mass is 390 g/mol. The van der Waals surface area contributed by atoms with E-state index in [4.69, 9.17) is 0 Å². The van der Waals surface area contributed by atoms with E-state index in [0.717, 1.165) is 0 Å². The molecule has 3 nitrogen and oxygen atoms in total. The van der Waals surface area contributed by atoms with Gasteiger partial charge >= 0.3 is 34.1 Å². The van der Waals surface area contributed by atoms with Crippen molar-refractivity contribution >= 4 is 0 Å². The summed E-state index contributed by atoms with van der Waals surface area (Å²) in [7, 11) is 0. The van der Waals surface area contributed by atoms with Crippen LogP contribution in [0, 0.1) is 0 Å². The van der Waals surface area contributed by atoms with E-state index in [0.29, 0.717) is 0 Å². The average molecular weight is 391 g/mol. The van der Waals surface area contributed by atoms with Gasteiger partial charge in [-0.1, -0.05) is 0 Å². The summed E-state index contributed by atoms with van der Waals surface area (Å²) in [5, 5.41) is 0. The molecule has 0 amide bonds. The van der Waals surface area contributed by atoms with Crippen molar-refractivity contribution in [2.75, 3.05) is 0 Å². The Bertz CT molecular complexity index is 17.8. The third-order valence-electron chi connectivity index (χ3n) is 0. The van der Waals surface area contributed by atoms with E-state index in [2.05, 4.69) is 0 Å². The first-order valence-corrected chi connectivity index (χ1v) is 0. The molecule has 0 spiro atoms. The van der Waals surface area contributed by atoms with E-state index in [-0.39, 0.29) is 119 Å². The standard InChI is InChI=1S/2Cr.2Cu.2Fe.3O/q;;;;2*+3;3*-2. The molecule has 0 unspecified atom stereocenters. The molecule has 0 atom stereocenters. The summed E-state index contributed by atoms with van der Waals surface area (Å²) in [6.45, 7) is 0. The van der Waals surface area contributed by atoms with Gasteiger partial charge in [-0.25, -0.2) is 0 Å². The second-order valence-corrected chi connectivity index (χ2v) is 0. The second kappa shape index (κ2) is 121. The van der Waals surface area contributed by atoms with Crippen LogP contribution in [0.15, 0.2) is 0 Å². The van der Waals surface area contributed by atoms with Crippen LogP contribution in [0.1, 0.15) is 0 Å². The topological polar surface area (TPSA) is 85.5 Å². The molecule has 0 aromatic rings. The minimum Gasteiger partial charge on any atom is -2.00 e. The van der Waals surface area contributed by atoms with Crippen molar-refractivity contribution in [3.8, 4) is 0 Å². The first-order valence-electron chi connectivity index (χ1n) is 0. The molecule has 0 aromatic heterocycles. The van der Waals surface area contributed by atoms with Gasteiger partial charge < -0.3 is 16.4 Å². The summed E-state index contributed by atoms with van der Waals surface area (Å²) in [5.41, 5.74) is 0. The number of rotatable bonds is 0. The molecule has 0 aromatic carbocycles. The Balaban J connectivity index is 0. The van der Waals surface area contributed by atoms with Crippen LogP contribution >= 0.6 is 0 Å². The third-order valence-corrected chi connectivity index (χ3v) is 0. The van der Waals surface area contributed by atoms with E-state index >= 15 is 0 Å². The van der Waals surface area contributed by atoms with Gasteiger partial charge in [0.25, 0.3) is 0 Å². The van der Waals surface area contributed by atoms with E-state index in [9.17, 15) is 0 Å². The van der Waals surface area contributed by atoms with Crippen LogP contribution in [0.25, 0.3) is 0 Å². The number of hydrogen-bond donors (Lipinski definition) is 0. The van der Waals surface area contributed by atoms with Gasteiger partial charge in [-0.05, 0) is 0 Å². The van der Waals surface area contributed by atoms with Gasteiger partial charge in [0.2, 0.25) is 0 Å². The average Bonchev–Trinajstić information content (AvgIpc) is 0. The van der Waals surface area contributed by atoms with Crippen LogP contribution in [0.2, 0.25) is 0 Å². The van der Waals surface area contributed by atoms with Gasteiger partial charge in [0, 0.05) is 68.9 Å². The summed E-state index contributed by atoms with van der Waals surface area (Å²) in [6.07, 6.45) is 0. The van der Waals surface area contributed by atoms with Crippen molar-refractivity contribution < 1.29 is 119 Å². The minimum atomic E-state index is 0. The fraction of sp³-hybridized carbons (Fsp3) is 0. The van der Waals surface area contributed by atoms with Crippen LogP contribution in [-0.2, 0) is 119 Å². The smallest absolute Gasteiger partial charge is 2.00 e. The molecular formula is Cr2Cu2Fe2O3. The van der Waals surface area contributed by atoms with Gasteiger partial charge in [-0.15, -0.1) is 0 Å². The predicted octanol–water partition coefficient (Wildman–Crippen LogP) is -0.371. The van der Waals surface area contributed by atoms with Crippen LogP contribution in [-0.4, -0.2) is 0 Å². The molecule has 0 fully saturated rings. The summed E-state index contributed by atoms with van der Waals surface area (Å²) < 4.78 is 0. The maximum absolute atomic E-state index is 0. The maximum atomic E-state index is 0. The first kappa shape index (κ1) is 160. The Morgan fingerprint density at radius 2 is 0.444 bits per heavy atom. The Labute approximate surface area is 118 Å². The quantitative estimate of drug-likeness (QED) is 0.505. The van der Waals surface area contributed by atoms with Gasteiger partial charge in [0.05, 0.1) is 0 Å². The number of hydrogen-bond acceptors (Lipinski definition) is 0. The predicted molar refractivity (Wildman–Crippen MR) is 2.06 cm³/mol. The minimum absolute atomic E-state index is 0. The molecule has 0 aliphatic heterocycles. The normalized spacial score (nSPS) is 0. The van der Waals surface area contributed by atoms with Crippen molar-refractivity contribution in [3.63, 3.8) is 0 Å². The van der Waals surface area contributed by atoms with Crippen LogP contribution < -0.4 is 0 Å². The van der Waals surface area contributed by atoms with Crippen molar-refractivity contribution in [3.05, 3.63) is 0 Å². The molecule has 9 heavy (non-hydrogen) atoms. The zero-order valence-corrected chi connectivity index (χ0v) is 9.99. The van der Waals surface area contributed by atoms with Crippen molar-refractivity contribution in [2.45, 2.75) is 0 Å². The van der Waals surface area contributed by atoms with Gasteiger partial charge in [0.1, 0.15) is 0 Å². The van der Waals surface area contributed by atoms with Gasteiger partial charge in [0.15, 0.2) is 0 Å². The molecule has 0 saturated heterocycles. The molecule has 0 bridgehead atoms. The molecule has 9 heteroatoms. The van der Waals surface area contributed by atoms with Crippen molar-refractivity contribution in [1.82, 2.24) is 0 Å². The van der Waals surface area contributed by atoms with Gasteiger partial charge in [-0.2, -0.15) is 0 Å². The van der Waals surface area contributed by atoms with Crippen LogP contribution in [0.3, 0.4) is 0 Å².